The Labute approximate surface area is 73.2 Å². The summed E-state index contributed by atoms with van der Waals surface area (Å²) in [7, 11) is 0. The van der Waals surface area contributed by atoms with Crippen molar-refractivity contribution in [1.82, 2.24) is 0 Å². The first-order chi connectivity index (χ1) is 6.09. The third kappa shape index (κ3) is 2.62. The van der Waals surface area contributed by atoms with Gasteiger partial charge in [-0.05, 0) is 12.1 Å². The van der Waals surface area contributed by atoms with Crippen LogP contribution in [0.5, 0.6) is 11.5 Å². The molecule has 0 spiro atoms. The van der Waals surface area contributed by atoms with Gasteiger partial charge in [-0.15, -0.1) is 0 Å². The van der Waals surface area contributed by atoms with Gasteiger partial charge in [0.1, 0.15) is 5.75 Å². The third-order valence-corrected chi connectivity index (χ3v) is 1.28. The minimum atomic E-state index is -1.14. The van der Waals surface area contributed by atoms with Crippen molar-refractivity contribution in [3.05, 3.63) is 24.0 Å². The number of rotatable bonds is 3. The van der Waals surface area contributed by atoms with Gasteiger partial charge in [0, 0.05) is 6.07 Å². The van der Waals surface area contributed by atoms with E-state index < -0.39 is 24.1 Å². The van der Waals surface area contributed by atoms with Gasteiger partial charge in [-0.1, -0.05) is 0 Å². The van der Waals surface area contributed by atoms with Crippen molar-refractivity contribution in [2.24, 2.45) is 0 Å². The van der Waals surface area contributed by atoms with Crippen LogP contribution >= 0.6 is 0 Å². The molecular weight excluding hydrogens is 179 g/mol. The summed E-state index contributed by atoms with van der Waals surface area (Å²) in [6, 6.07) is 3.28. The van der Waals surface area contributed by atoms with E-state index in [-0.39, 0.29) is 5.75 Å². The Morgan fingerprint density at radius 3 is 2.77 bits per heavy atom. The Bertz CT molecular complexity index is 324. The van der Waals surface area contributed by atoms with E-state index in [9.17, 15) is 9.18 Å². The fourth-order valence-corrected chi connectivity index (χ4v) is 0.722. The molecule has 13 heavy (non-hydrogen) atoms. The van der Waals surface area contributed by atoms with Gasteiger partial charge in [0.2, 0.25) is 0 Å². The van der Waals surface area contributed by atoms with Gasteiger partial charge < -0.3 is 14.9 Å². The first kappa shape index (κ1) is 9.31. The van der Waals surface area contributed by atoms with Crippen molar-refractivity contribution in [2.45, 2.75) is 0 Å². The van der Waals surface area contributed by atoms with Gasteiger partial charge in [-0.2, -0.15) is 0 Å². The van der Waals surface area contributed by atoms with Crippen LogP contribution in [0.3, 0.4) is 0 Å². The van der Waals surface area contributed by atoms with Gasteiger partial charge in [0.05, 0.1) is 0 Å². The number of hydrogen-bond donors (Lipinski definition) is 2. The van der Waals surface area contributed by atoms with E-state index in [4.69, 9.17) is 10.2 Å². The molecule has 0 heterocycles. The number of phenols is 1. The fraction of sp³-hybridized carbons (Fsp3) is 0.125. The molecule has 4 nitrogen and oxygen atoms in total. The minimum absolute atomic E-state index is 0.0673. The lowest BCUT2D eigenvalue weighted by atomic mass is 10.3. The zero-order valence-electron chi connectivity index (χ0n) is 6.53. The molecule has 0 unspecified atom stereocenters. The Morgan fingerprint density at radius 1 is 1.54 bits per heavy atom. The fourth-order valence-electron chi connectivity index (χ4n) is 0.722. The van der Waals surface area contributed by atoms with E-state index in [1.165, 1.54) is 6.07 Å². The van der Waals surface area contributed by atoms with Crippen LogP contribution in [0.25, 0.3) is 0 Å². The summed E-state index contributed by atoms with van der Waals surface area (Å²) in [5.74, 6) is -2.42. The molecule has 0 bridgehead atoms. The summed E-state index contributed by atoms with van der Waals surface area (Å²) < 4.78 is 17.3. The Hall–Kier alpha value is -1.78. The second-order valence-electron chi connectivity index (χ2n) is 2.30. The summed E-state index contributed by atoms with van der Waals surface area (Å²) in [4.78, 5) is 10.1. The summed E-state index contributed by atoms with van der Waals surface area (Å²) in [5.41, 5.74) is 0. The van der Waals surface area contributed by atoms with Crippen molar-refractivity contribution < 1.29 is 24.1 Å². The lowest BCUT2D eigenvalue weighted by Crippen LogP contribution is -2.09. The molecule has 0 aliphatic rings. The first-order valence-corrected chi connectivity index (χ1v) is 3.42. The van der Waals surface area contributed by atoms with Crippen molar-refractivity contribution in [3.63, 3.8) is 0 Å². The monoisotopic (exact) mass is 186 g/mol. The maximum absolute atomic E-state index is 12.6. The van der Waals surface area contributed by atoms with E-state index in [2.05, 4.69) is 4.74 Å². The number of benzene rings is 1. The lowest BCUT2D eigenvalue weighted by molar-refractivity contribution is -0.139. The van der Waals surface area contributed by atoms with Crippen LogP contribution in [0, 0.1) is 5.82 Å². The molecule has 0 radical (unpaired) electrons. The average molecular weight is 186 g/mol. The topological polar surface area (TPSA) is 66.8 Å². The number of carboxylic acids is 1. The van der Waals surface area contributed by atoms with Crippen LogP contribution < -0.4 is 4.74 Å². The van der Waals surface area contributed by atoms with E-state index >= 15 is 0 Å². The highest BCUT2D eigenvalue weighted by Crippen LogP contribution is 2.20. The molecule has 0 atom stereocenters. The maximum atomic E-state index is 12.6. The highest BCUT2D eigenvalue weighted by molar-refractivity contribution is 5.68. The van der Waals surface area contributed by atoms with Gasteiger partial charge >= 0.3 is 5.97 Å². The molecule has 0 aliphatic heterocycles. The quantitative estimate of drug-likeness (QED) is 0.738. The van der Waals surface area contributed by atoms with Crippen molar-refractivity contribution in [1.29, 1.82) is 0 Å². The van der Waals surface area contributed by atoms with Gasteiger partial charge in [-0.3, -0.25) is 0 Å². The van der Waals surface area contributed by atoms with Crippen LogP contribution in [0.1, 0.15) is 0 Å². The first-order valence-electron chi connectivity index (χ1n) is 3.42. The van der Waals surface area contributed by atoms with Crippen molar-refractivity contribution in [2.75, 3.05) is 6.61 Å². The van der Waals surface area contributed by atoms with Crippen molar-refractivity contribution >= 4 is 5.97 Å². The molecule has 0 aromatic heterocycles. The Balaban J connectivity index is 2.68. The molecule has 0 fully saturated rings. The molecule has 1 rings (SSSR count). The number of halogens is 1. The van der Waals surface area contributed by atoms with Gasteiger partial charge in [0.25, 0.3) is 0 Å². The third-order valence-electron chi connectivity index (χ3n) is 1.28. The smallest absolute Gasteiger partial charge is 0.341 e. The highest BCUT2D eigenvalue weighted by atomic mass is 19.1. The summed E-state index contributed by atoms with van der Waals surface area (Å²) >= 11 is 0. The molecule has 2 N–H and O–H groups in total. The number of carboxylic acid groups (broad SMARTS) is 1. The van der Waals surface area contributed by atoms with Gasteiger partial charge in [-0.25, -0.2) is 9.18 Å². The molecule has 0 aliphatic carbocycles. The number of aliphatic carboxylic acids is 1. The van der Waals surface area contributed by atoms with E-state index in [1.807, 2.05) is 0 Å². The number of phenolic OH excluding ortho intramolecular Hbond substituents is 1. The molecule has 0 saturated carbocycles. The van der Waals surface area contributed by atoms with Crippen molar-refractivity contribution in [3.8, 4) is 11.5 Å². The zero-order valence-corrected chi connectivity index (χ0v) is 6.53. The molecular formula is C8H7FO4. The lowest BCUT2D eigenvalue weighted by Gasteiger charge is -2.02. The molecule has 0 saturated heterocycles. The largest absolute Gasteiger partial charge is 0.505 e. The Morgan fingerprint density at radius 2 is 2.23 bits per heavy atom. The van der Waals surface area contributed by atoms with E-state index in [0.29, 0.717) is 0 Å². The molecule has 0 amide bonds. The summed E-state index contributed by atoms with van der Waals surface area (Å²) in [6.45, 7) is -0.537. The number of ether oxygens (including phenoxy) is 1. The standard InChI is InChI=1S/C8H7FO4/c9-6-3-5(1-2-7(6)10)13-4-8(11)12/h1-3,10H,4H2,(H,11,12). The van der Waals surface area contributed by atoms with Gasteiger partial charge in [0.15, 0.2) is 18.2 Å². The molecule has 1 aromatic carbocycles. The van der Waals surface area contributed by atoms with Crippen LogP contribution in [0.4, 0.5) is 4.39 Å². The number of carbonyl (C=O) groups is 1. The van der Waals surface area contributed by atoms with E-state index in [1.54, 1.807) is 0 Å². The minimum Gasteiger partial charge on any atom is -0.505 e. The molecule has 70 valence electrons. The highest BCUT2D eigenvalue weighted by Gasteiger charge is 2.03. The van der Waals surface area contributed by atoms with E-state index in [0.717, 1.165) is 12.1 Å². The van der Waals surface area contributed by atoms with Crippen LogP contribution in [0.15, 0.2) is 18.2 Å². The summed E-state index contributed by atoms with van der Waals surface area (Å²) in [6.07, 6.45) is 0. The summed E-state index contributed by atoms with van der Waals surface area (Å²) in [5, 5.41) is 17.0. The zero-order chi connectivity index (χ0) is 9.84. The maximum Gasteiger partial charge on any atom is 0.341 e. The SMILES string of the molecule is O=C(O)COc1ccc(O)c(F)c1. The van der Waals surface area contributed by atoms with Crippen LogP contribution in [-0.2, 0) is 4.79 Å². The average Bonchev–Trinajstić information content (AvgIpc) is 2.07. The number of aromatic hydroxyl groups is 1. The predicted molar refractivity (Wildman–Crippen MR) is 41.2 cm³/mol. The molecule has 5 heteroatoms. The normalized spacial score (nSPS) is 9.62. The predicted octanol–water partition coefficient (Wildman–Crippen LogP) is 0.995. The Kier molecular flexibility index (Phi) is 2.69. The second-order valence-corrected chi connectivity index (χ2v) is 2.30. The van der Waals surface area contributed by atoms with Crippen LogP contribution in [-0.4, -0.2) is 22.8 Å². The molecule has 1 aromatic rings. The van der Waals surface area contributed by atoms with Crippen LogP contribution in [0.2, 0.25) is 0 Å². The number of hydrogen-bond acceptors (Lipinski definition) is 3. The second kappa shape index (κ2) is 3.75.